The normalized spacial score (nSPS) is 18.0. The van der Waals surface area contributed by atoms with Crippen molar-refractivity contribution < 1.29 is 4.79 Å². The van der Waals surface area contributed by atoms with Gasteiger partial charge in [0.05, 0.1) is 0 Å². The number of hydrogen-bond donors (Lipinski definition) is 0. The lowest BCUT2D eigenvalue weighted by Gasteiger charge is -2.29. The number of amides is 1. The van der Waals surface area contributed by atoms with Gasteiger partial charge in [-0.3, -0.25) is 4.79 Å². The fourth-order valence-electron chi connectivity index (χ4n) is 4.39. The van der Waals surface area contributed by atoms with Crippen molar-refractivity contribution in [3.8, 4) is 0 Å². The highest BCUT2D eigenvalue weighted by atomic mass is 16.2. The van der Waals surface area contributed by atoms with Gasteiger partial charge in [-0.25, -0.2) is 9.97 Å². The predicted molar refractivity (Wildman–Crippen MR) is 110 cm³/mol. The van der Waals surface area contributed by atoms with Gasteiger partial charge < -0.3 is 9.80 Å². The number of benzene rings is 2. The van der Waals surface area contributed by atoms with E-state index in [1.807, 2.05) is 35.2 Å². The van der Waals surface area contributed by atoms with Crippen molar-refractivity contribution in [2.24, 2.45) is 0 Å². The first kappa shape index (κ1) is 16.9. The molecule has 2 aliphatic rings. The predicted octanol–water partition coefficient (Wildman–Crippen LogP) is 4.15. The van der Waals surface area contributed by atoms with Crippen LogP contribution in [0.3, 0.4) is 0 Å². The zero-order valence-corrected chi connectivity index (χ0v) is 15.9. The van der Waals surface area contributed by atoms with E-state index in [1.165, 1.54) is 17.5 Å². The van der Waals surface area contributed by atoms with Crippen LogP contribution in [0.25, 0.3) is 0 Å². The maximum absolute atomic E-state index is 13.3. The summed E-state index contributed by atoms with van der Waals surface area (Å²) in [5, 5.41) is 0. The largest absolute Gasteiger partial charge is 0.323 e. The highest BCUT2D eigenvalue weighted by Crippen LogP contribution is 2.37. The van der Waals surface area contributed by atoms with E-state index in [-0.39, 0.29) is 5.91 Å². The van der Waals surface area contributed by atoms with Crippen LogP contribution in [0.4, 0.5) is 17.2 Å². The molecule has 2 aromatic carbocycles. The maximum atomic E-state index is 13.3. The van der Waals surface area contributed by atoms with Crippen LogP contribution in [0.1, 0.15) is 35.0 Å². The van der Waals surface area contributed by atoms with Crippen molar-refractivity contribution >= 4 is 23.1 Å². The van der Waals surface area contributed by atoms with Crippen LogP contribution in [0, 0.1) is 0 Å². The van der Waals surface area contributed by atoms with Gasteiger partial charge in [0.25, 0.3) is 5.91 Å². The average molecular weight is 370 g/mol. The third-order valence-corrected chi connectivity index (χ3v) is 5.68. The number of anilines is 3. The number of aryl methyl sites for hydroxylation is 1. The van der Waals surface area contributed by atoms with Crippen LogP contribution in [0.2, 0.25) is 0 Å². The summed E-state index contributed by atoms with van der Waals surface area (Å²) in [6.45, 7) is 2.91. The summed E-state index contributed by atoms with van der Waals surface area (Å²) < 4.78 is 0. The van der Waals surface area contributed by atoms with Gasteiger partial charge >= 0.3 is 0 Å². The summed E-state index contributed by atoms with van der Waals surface area (Å²) >= 11 is 0. The summed E-state index contributed by atoms with van der Waals surface area (Å²) in [6, 6.07) is 18.6. The van der Waals surface area contributed by atoms with Crippen LogP contribution in [-0.2, 0) is 12.8 Å². The Morgan fingerprint density at radius 3 is 2.61 bits per heavy atom. The number of hydrogen-bond acceptors (Lipinski definition) is 4. The minimum Gasteiger partial charge on any atom is -0.323 e. The standard InChI is InChI=1S/C23H22N4O/c1-16-13-18-8-3-5-11-21(18)27(16)22-14-19(24-15-25-22)23(28)26-12-6-9-17-7-2-4-10-20(17)26/h2-5,7-8,10-11,14-16H,6,9,12-13H2,1H3. The van der Waals surface area contributed by atoms with Crippen molar-refractivity contribution in [3.63, 3.8) is 0 Å². The fourth-order valence-corrected chi connectivity index (χ4v) is 4.39. The Bertz CT molecular complexity index is 1050. The zero-order chi connectivity index (χ0) is 19.1. The number of aromatic nitrogens is 2. The van der Waals surface area contributed by atoms with Gasteiger partial charge in [-0.2, -0.15) is 0 Å². The fraction of sp³-hybridized carbons (Fsp3) is 0.261. The molecule has 140 valence electrons. The molecule has 2 aliphatic heterocycles. The number of carbonyl (C=O) groups excluding carboxylic acids is 1. The van der Waals surface area contributed by atoms with E-state index in [1.54, 1.807) is 0 Å². The molecule has 3 heterocycles. The Kier molecular flexibility index (Phi) is 4.08. The quantitative estimate of drug-likeness (QED) is 0.680. The van der Waals surface area contributed by atoms with E-state index in [4.69, 9.17) is 0 Å². The number of para-hydroxylation sites is 2. The van der Waals surface area contributed by atoms with E-state index < -0.39 is 0 Å². The monoisotopic (exact) mass is 370 g/mol. The van der Waals surface area contributed by atoms with Crippen molar-refractivity contribution in [2.45, 2.75) is 32.2 Å². The maximum Gasteiger partial charge on any atom is 0.277 e. The summed E-state index contributed by atoms with van der Waals surface area (Å²) in [7, 11) is 0. The molecule has 0 N–H and O–H groups in total. The first-order chi connectivity index (χ1) is 13.7. The minimum absolute atomic E-state index is 0.0593. The number of fused-ring (bicyclic) bond motifs is 2. The van der Waals surface area contributed by atoms with Crippen molar-refractivity contribution in [1.82, 2.24) is 9.97 Å². The molecule has 0 radical (unpaired) electrons. The summed E-state index contributed by atoms with van der Waals surface area (Å²) in [5.74, 6) is 0.719. The molecule has 0 spiro atoms. The van der Waals surface area contributed by atoms with E-state index in [0.29, 0.717) is 11.7 Å². The Morgan fingerprint density at radius 2 is 1.75 bits per heavy atom. The molecule has 5 heteroatoms. The molecule has 0 aliphatic carbocycles. The SMILES string of the molecule is CC1Cc2ccccc2N1c1cc(C(=O)N2CCCc3ccccc32)ncn1. The van der Waals surface area contributed by atoms with Gasteiger partial charge in [-0.1, -0.05) is 36.4 Å². The van der Waals surface area contributed by atoms with Gasteiger partial charge in [-0.15, -0.1) is 0 Å². The molecule has 1 aromatic heterocycles. The lowest BCUT2D eigenvalue weighted by atomic mass is 10.0. The number of nitrogens with zero attached hydrogens (tertiary/aromatic N) is 4. The van der Waals surface area contributed by atoms with Crippen molar-refractivity contribution in [3.05, 3.63) is 77.7 Å². The molecule has 0 saturated carbocycles. The van der Waals surface area contributed by atoms with E-state index in [0.717, 1.165) is 43.0 Å². The smallest absolute Gasteiger partial charge is 0.277 e. The molecule has 0 bridgehead atoms. The number of carbonyl (C=O) groups is 1. The topological polar surface area (TPSA) is 49.3 Å². The first-order valence-corrected chi connectivity index (χ1v) is 9.81. The van der Waals surface area contributed by atoms with Crippen LogP contribution in [0.5, 0.6) is 0 Å². The Labute approximate surface area is 164 Å². The van der Waals surface area contributed by atoms with E-state index >= 15 is 0 Å². The molecule has 1 amide bonds. The lowest BCUT2D eigenvalue weighted by molar-refractivity contribution is 0.0980. The van der Waals surface area contributed by atoms with Gasteiger partial charge in [0, 0.05) is 30.0 Å². The van der Waals surface area contributed by atoms with Gasteiger partial charge in [0.1, 0.15) is 17.8 Å². The molecule has 1 unspecified atom stereocenters. The molecule has 0 fully saturated rings. The lowest BCUT2D eigenvalue weighted by Crippen LogP contribution is -2.36. The minimum atomic E-state index is -0.0593. The molecule has 1 atom stereocenters. The highest BCUT2D eigenvalue weighted by molar-refractivity contribution is 6.05. The summed E-state index contributed by atoms with van der Waals surface area (Å²) in [5.41, 5.74) is 5.14. The van der Waals surface area contributed by atoms with Crippen LogP contribution in [-0.4, -0.2) is 28.5 Å². The molecular weight excluding hydrogens is 348 g/mol. The summed E-state index contributed by atoms with van der Waals surface area (Å²) in [6.07, 6.45) is 4.46. The van der Waals surface area contributed by atoms with Gasteiger partial charge in [0.2, 0.25) is 0 Å². The Balaban J connectivity index is 1.50. The Hall–Kier alpha value is -3.21. The van der Waals surface area contributed by atoms with Gasteiger partial charge in [-0.05, 0) is 49.4 Å². The van der Waals surface area contributed by atoms with Crippen molar-refractivity contribution in [2.75, 3.05) is 16.3 Å². The molecular formula is C23H22N4O. The molecule has 28 heavy (non-hydrogen) atoms. The van der Waals surface area contributed by atoms with Crippen LogP contribution < -0.4 is 9.80 Å². The zero-order valence-electron chi connectivity index (χ0n) is 15.9. The van der Waals surface area contributed by atoms with Crippen LogP contribution in [0.15, 0.2) is 60.9 Å². The Morgan fingerprint density at radius 1 is 1.00 bits per heavy atom. The first-order valence-electron chi connectivity index (χ1n) is 9.81. The third-order valence-electron chi connectivity index (χ3n) is 5.68. The van der Waals surface area contributed by atoms with E-state index in [9.17, 15) is 4.79 Å². The average Bonchev–Trinajstić information content (AvgIpc) is 3.08. The molecule has 5 nitrogen and oxygen atoms in total. The second kappa shape index (κ2) is 6.75. The third kappa shape index (κ3) is 2.74. The summed E-state index contributed by atoms with van der Waals surface area (Å²) in [4.78, 5) is 26.1. The molecule has 0 saturated heterocycles. The highest BCUT2D eigenvalue weighted by Gasteiger charge is 2.29. The van der Waals surface area contributed by atoms with Crippen LogP contribution >= 0.6 is 0 Å². The second-order valence-electron chi connectivity index (χ2n) is 7.50. The van der Waals surface area contributed by atoms with Gasteiger partial charge in [0.15, 0.2) is 0 Å². The molecule has 3 aromatic rings. The molecule has 5 rings (SSSR count). The van der Waals surface area contributed by atoms with Crippen molar-refractivity contribution in [1.29, 1.82) is 0 Å². The number of rotatable bonds is 2. The second-order valence-corrected chi connectivity index (χ2v) is 7.50. The van der Waals surface area contributed by atoms with E-state index in [2.05, 4.69) is 46.1 Å².